The van der Waals surface area contributed by atoms with Crippen molar-refractivity contribution in [3.05, 3.63) is 41.3 Å². The van der Waals surface area contributed by atoms with E-state index in [4.69, 9.17) is 4.42 Å². The van der Waals surface area contributed by atoms with Crippen molar-refractivity contribution in [1.29, 1.82) is 0 Å². The van der Waals surface area contributed by atoms with Crippen LogP contribution in [-0.2, 0) is 0 Å². The average molecular weight is 230 g/mol. The minimum atomic E-state index is 0.329. The largest absolute Gasteiger partial charge is 0.508 e. The van der Waals surface area contributed by atoms with Gasteiger partial charge in [-0.3, -0.25) is 0 Å². The van der Waals surface area contributed by atoms with Gasteiger partial charge in [0.25, 0.3) is 0 Å². The molecule has 1 heterocycles. The van der Waals surface area contributed by atoms with Crippen LogP contribution in [0.25, 0.3) is 11.1 Å². The van der Waals surface area contributed by atoms with E-state index in [1.807, 2.05) is 26.0 Å². The molecule has 0 spiro atoms. The SMILES string of the molecule is Cc1cc(-c2c(C)cc(O)cc2C(C)C)co1. The normalized spacial score (nSPS) is 11.1. The summed E-state index contributed by atoms with van der Waals surface area (Å²) in [4.78, 5) is 0. The molecule has 0 atom stereocenters. The van der Waals surface area contributed by atoms with Gasteiger partial charge in [-0.05, 0) is 54.7 Å². The molecule has 2 nitrogen and oxygen atoms in total. The Morgan fingerprint density at radius 3 is 2.35 bits per heavy atom. The van der Waals surface area contributed by atoms with Gasteiger partial charge in [0.2, 0.25) is 0 Å². The van der Waals surface area contributed by atoms with Gasteiger partial charge in [-0.1, -0.05) is 13.8 Å². The second kappa shape index (κ2) is 4.28. The van der Waals surface area contributed by atoms with E-state index < -0.39 is 0 Å². The molecule has 0 aliphatic heterocycles. The molecule has 1 N–H and O–H groups in total. The predicted octanol–water partition coefficient (Wildman–Crippen LogP) is 4.39. The second-order valence-electron chi connectivity index (χ2n) is 4.83. The molecule has 0 unspecified atom stereocenters. The van der Waals surface area contributed by atoms with Crippen molar-refractivity contribution in [2.75, 3.05) is 0 Å². The highest BCUT2D eigenvalue weighted by atomic mass is 16.3. The molecule has 1 aromatic carbocycles. The molecule has 17 heavy (non-hydrogen) atoms. The molecule has 0 radical (unpaired) electrons. The second-order valence-corrected chi connectivity index (χ2v) is 4.83. The first-order chi connectivity index (χ1) is 7.99. The summed E-state index contributed by atoms with van der Waals surface area (Å²) in [5, 5.41) is 9.70. The van der Waals surface area contributed by atoms with Crippen molar-refractivity contribution in [3.63, 3.8) is 0 Å². The maximum Gasteiger partial charge on any atom is 0.116 e. The Labute approximate surface area is 102 Å². The number of aryl methyl sites for hydroxylation is 2. The molecule has 0 aliphatic carbocycles. The third-order valence-electron chi connectivity index (χ3n) is 2.99. The average Bonchev–Trinajstić information content (AvgIpc) is 2.63. The van der Waals surface area contributed by atoms with E-state index in [2.05, 4.69) is 13.8 Å². The van der Waals surface area contributed by atoms with Gasteiger partial charge >= 0.3 is 0 Å². The van der Waals surface area contributed by atoms with Gasteiger partial charge in [0.15, 0.2) is 0 Å². The molecule has 0 bridgehead atoms. The van der Waals surface area contributed by atoms with Crippen molar-refractivity contribution in [2.45, 2.75) is 33.6 Å². The number of hydrogen-bond donors (Lipinski definition) is 1. The van der Waals surface area contributed by atoms with Gasteiger partial charge in [0.05, 0.1) is 6.26 Å². The van der Waals surface area contributed by atoms with E-state index in [9.17, 15) is 5.11 Å². The fourth-order valence-corrected chi connectivity index (χ4v) is 2.22. The van der Waals surface area contributed by atoms with Gasteiger partial charge in [0, 0.05) is 5.56 Å². The fourth-order valence-electron chi connectivity index (χ4n) is 2.22. The van der Waals surface area contributed by atoms with Crippen LogP contribution in [0.2, 0.25) is 0 Å². The van der Waals surface area contributed by atoms with Gasteiger partial charge in [0.1, 0.15) is 11.5 Å². The maximum absolute atomic E-state index is 9.70. The molecule has 2 aromatic rings. The molecule has 0 saturated carbocycles. The van der Waals surface area contributed by atoms with Crippen LogP contribution in [0.15, 0.2) is 28.9 Å². The zero-order chi connectivity index (χ0) is 12.6. The molecular formula is C15H18O2. The lowest BCUT2D eigenvalue weighted by atomic mass is 9.90. The van der Waals surface area contributed by atoms with Crippen LogP contribution in [0.4, 0.5) is 0 Å². The Morgan fingerprint density at radius 1 is 1.12 bits per heavy atom. The summed E-state index contributed by atoms with van der Waals surface area (Å²) in [6.07, 6.45) is 1.78. The summed E-state index contributed by atoms with van der Waals surface area (Å²) in [7, 11) is 0. The highest BCUT2D eigenvalue weighted by molar-refractivity contribution is 5.72. The predicted molar refractivity (Wildman–Crippen MR) is 69.4 cm³/mol. The zero-order valence-electron chi connectivity index (χ0n) is 10.7. The lowest BCUT2D eigenvalue weighted by Gasteiger charge is -2.15. The van der Waals surface area contributed by atoms with Crippen LogP contribution in [-0.4, -0.2) is 5.11 Å². The van der Waals surface area contributed by atoms with Crippen molar-refractivity contribution >= 4 is 0 Å². The van der Waals surface area contributed by atoms with Gasteiger partial charge in [-0.25, -0.2) is 0 Å². The summed E-state index contributed by atoms with van der Waals surface area (Å²) < 4.78 is 5.38. The lowest BCUT2D eigenvalue weighted by molar-refractivity contribution is 0.473. The van der Waals surface area contributed by atoms with Crippen molar-refractivity contribution in [1.82, 2.24) is 0 Å². The number of rotatable bonds is 2. The van der Waals surface area contributed by atoms with Crippen molar-refractivity contribution in [2.24, 2.45) is 0 Å². The Balaban J connectivity index is 2.67. The molecule has 2 rings (SSSR count). The molecule has 0 amide bonds. The number of aromatic hydroxyl groups is 1. The molecule has 1 aromatic heterocycles. The topological polar surface area (TPSA) is 33.4 Å². The first-order valence-corrected chi connectivity index (χ1v) is 5.88. The van der Waals surface area contributed by atoms with Crippen molar-refractivity contribution < 1.29 is 9.52 Å². The van der Waals surface area contributed by atoms with E-state index in [1.54, 1.807) is 12.3 Å². The number of furan rings is 1. The van der Waals surface area contributed by atoms with E-state index in [0.717, 1.165) is 22.5 Å². The van der Waals surface area contributed by atoms with Crippen molar-refractivity contribution in [3.8, 4) is 16.9 Å². The summed E-state index contributed by atoms with van der Waals surface area (Å²) in [5.41, 5.74) is 4.50. The molecule has 0 aliphatic rings. The van der Waals surface area contributed by atoms with Gasteiger partial charge < -0.3 is 9.52 Å². The van der Waals surface area contributed by atoms with Crippen LogP contribution >= 0.6 is 0 Å². The third-order valence-corrected chi connectivity index (χ3v) is 2.99. The maximum atomic E-state index is 9.70. The van der Waals surface area contributed by atoms with Crippen LogP contribution < -0.4 is 0 Å². The number of phenolic OH excluding ortho intramolecular Hbond substituents is 1. The Morgan fingerprint density at radius 2 is 1.82 bits per heavy atom. The number of phenols is 1. The monoisotopic (exact) mass is 230 g/mol. The Hall–Kier alpha value is -1.70. The highest BCUT2D eigenvalue weighted by Gasteiger charge is 2.14. The van der Waals surface area contributed by atoms with Crippen LogP contribution in [0.1, 0.15) is 36.7 Å². The van der Waals surface area contributed by atoms with Gasteiger partial charge in [-0.2, -0.15) is 0 Å². The smallest absolute Gasteiger partial charge is 0.116 e. The highest BCUT2D eigenvalue weighted by Crippen LogP contribution is 2.35. The fraction of sp³-hybridized carbons (Fsp3) is 0.333. The lowest BCUT2D eigenvalue weighted by Crippen LogP contribution is -1.94. The van der Waals surface area contributed by atoms with Crippen LogP contribution in [0.5, 0.6) is 5.75 Å². The minimum Gasteiger partial charge on any atom is -0.508 e. The number of benzene rings is 1. The molecule has 0 fully saturated rings. The summed E-state index contributed by atoms with van der Waals surface area (Å²) >= 11 is 0. The Bertz CT molecular complexity index is 536. The van der Waals surface area contributed by atoms with E-state index in [1.165, 1.54) is 5.56 Å². The minimum absolute atomic E-state index is 0.329. The van der Waals surface area contributed by atoms with E-state index in [0.29, 0.717) is 11.7 Å². The van der Waals surface area contributed by atoms with E-state index >= 15 is 0 Å². The molecule has 90 valence electrons. The zero-order valence-corrected chi connectivity index (χ0v) is 10.7. The molecule has 2 heteroatoms. The summed E-state index contributed by atoms with van der Waals surface area (Å²) in [5.74, 6) is 1.60. The van der Waals surface area contributed by atoms with E-state index in [-0.39, 0.29) is 0 Å². The quantitative estimate of drug-likeness (QED) is 0.829. The summed E-state index contributed by atoms with van der Waals surface area (Å²) in [6, 6.07) is 5.67. The van der Waals surface area contributed by atoms with Crippen LogP contribution in [0, 0.1) is 13.8 Å². The number of hydrogen-bond acceptors (Lipinski definition) is 2. The summed E-state index contributed by atoms with van der Waals surface area (Å²) in [6.45, 7) is 8.22. The Kier molecular flexibility index (Phi) is 2.97. The molecular weight excluding hydrogens is 212 g/mol. The standard InChI is InChI=1S/C15H18O2/c1-9(2)14-7-13(16)5-10(3)15(14)12-6-11(4)17-8-12/h5-9,16H,1-4H3. The third kappa shape index (κ3) is 2.21. The van der Waals surface area contributed by atoms with Gasteiger partial charge in [-0.15, -0.1) is 0 Å². The van der Waals surface area contributed by atoms with Crippen LogP contribution in [0.3, 0.4) is 0 Å². The first-order valence-electron chi connectivity index (χ1n) is 5.88. The first kappa shape index (κ1) is 11.8. The molecule has 0 saturated heterocycles.